The Labute approximate surface area is 165 Å². The third kappa shape index (κ3) is 5.12. The molecule has 0 bridgehead atoms. The van der Waals surface area contributed by atoms with Crippen LogP contribution in [0.1, 0.15) is 84.9 Å². The van der Waals surface area contributed by atoms with Crippen LogP contribution in [0.2, 0.25) is 0 Å². The number of benzene rings is 1. The van der Waals surface area contributed by atoms with Crippen LogP contribution < -0.4 is 0 Å². The molecule has 148 valence electrons. The molecular weight excluding hydrogens is 332 g/mol. The summed E-state index contributed by atoms with van der Waals surface area (Å²) in [4.78, 5) is 12.7. The summed E-state index contributed by atoms with van der Waals surface area (Å²) in [5, 5.41) is 10.8. The number of carbonyl (C=O) groups excluding carboxylic acids is 1. The van der Waals surface area contributed by atoms with Crippen molar-refractivity contribution < 1.29 is 9.90 Å². The Morgan fingerprint density at radius 2 is 1.52 bits per heavy atom. The number of hydrogen-bond donors (Lipinski definition) is 1. The second-order valence-corrected chi connectivity index (χ2v) is 10.2. The summed E-state index contributed by atoms with van der Waals surface area (Å²) >= 11 is 0. The first kappa shape index (κ1) is 21.5. The quantitative estimate of drug-likeness (QED) is 0.653. The molecule has 1 aromatic carbocycles. The van der Waals surface area contributed by atoms with Gasteiger partial charge in [0.1, 0.15) is 5.75 Å². The summed E-state index contributed by atoms with van der Waals surface area (Å²) in [6.07, 6.45) is 6.12. The fourth-order valence-electron chi connectivity index (χ4n) is 3.53. The highest BCUT2D eigenvalue weighted by atomic mass is 16.3. The Balaban J connectivity index is 2.21. The molecule has 0 unspecified atom stereocenters. The van der Waals surface area contributed by atoms with Crippen LogP contribution in [0.25, 0.3) is 0 Å². The second-order valence-electron chi connectivity index (χ2n) is 10.2. The van der Waals surface area contributed by atoms with E-state index in [1.54, 1.807) is 0 Å². The van der Waals surface area contributed by atoms with E-state index in [2.05, 4.69) is 73.6 Å². The maximum Gasteiger partial charge on any atom is 0.159 e. The first-order valence-corrected chi connectivity index (χ1v) is 10.1. The summed E-state index contributed by atoms with van der Waals surface area (Å²) < 4.78 is 0. The van der Waals surface area contributed by atoms with Crippen LogP contribution >= 0.6 is 0 Å². The van der Waals surface area contributed by atoms with E-state index in [0.717, 1.165) is 28.7 Å². The van der Waals surface area contributed by atoms with Gasteiger partial charge in [0.2, 0.25) is 0 Å². The second kappa shape index (κ2) is 7.66. The number of Topliss-reactive ketones (excluding diaryl/α,β-unsaturated/α-hetero) is 1. The van der Waals surface area contributed by atoms with Crippen LogP contribution in [-0.2, 0) is 22.0 Å². The molecule has 0 atom stereocenters. The Morgan fingerprint density at radius 1 is 1.00 bits per heavy atom. The van der Waals surface area contributed by atoms with Crippen molar-refractivity contribution >= 4 is 5.78 Å². The van der Waals surface area contributed by atoms with Crippen LogP contribution in [-0.4, -0.2) is 10.9 Å². The molecule has 0 saturated carbocycles. The van der Waals surface area contributed by atoms with E-state index >= 15 is 0 Å². The van der Waals surface area contributed by atoms with Gasteiger partial charge in [-0.2, -0.15) is 0 Å². The molecule has 0 heterocycles. The molecule has 1 aliphatic carbocycles. The molecule has 0 radical (unpaired) electrons. The van der Waals surface area contributed by atoms with Crippen LogP contribution in [0, 0.1) is 5.92 Å². The zero-order valence-electron chi connectivity index (χ0n) is 18.4. The lowest BCUT2D eigenvalue weighted by Gasteiger charge is -2.28. The fraction of sp³-hybridized carbons (Fsp3) is 0.560. The molecule has 0 amide bonds. The third-order valence-electron chi connectivity index (χ3n) is 5.42. The van der Waals surface area contributed by atoms with Gasteiger partial charge in [-0.3, -0.25) is 4.79 Å². The number of aromatic hydroxyl groups is 1. The minimum atomic E-state index is -0.145. The monoisotopic (exact) mass is 368 g/mol. The summed E-state index contributed by atoms with van der Waals surface area (Å²) in [5.41, 5.74) is 5.04. The van der Waals surface area contributed by atoms with Gasteiger partial charge in [0.15, 0.2) is 5.78 Å². The summed E-state index contributed by atoms with van der Waals surface area (Å²) in [7, 11) is 0. The van der Waals surface area contributed by atoms with Gasteiger partial charge in [-0.1, -0.05) is 85.2 Å². The van der Waals surface area contributed by atoms with Crippen molar-refractivity contribution in [2.24, 2.45) is 5.92 Å². The smallest absolute Gasteiger partial charge is 0.159 e. The minimum Gasteiger partial charge on any atom is -0.507 e. The maximum absolute atomic E-state index is 12.7. The van der Waals surface area contributed by atoms with Crippen molar-refractivity contribution in [3.63, 3.8) is 0 Å². The molecule has 1 aromatic rings. The largest absolute Gasteiger partial charge is 0.507 e. The molecule has 2 nitrogen and oxygen atoms in total. The molecule has 0 fully saturated rings. The summed E-state index contributed by atoms with van der Waals surface area (Å²) in [5.74, 6) is 1.13. The summed E-state index contributed by atoms with van der Waals surface area (Å²) in [6, 6.07) is 4.16. The zero-order valence-corrected chi connectivity index (χ0v) is 18.4. The standard InChI is InChI=1S/C25H36O2/c1-16(2)18-10-11-19(15-18)22(26)12-9-17-13-20(24(3,4)5)23(27)21(14-17)25(6,7)8/h10-11,13-14,16,27H,9,12,15H2,1-8H3. The topological polar surface area (TPSA) is 37.3 Å². The normalized spacial score (nSPS) is 15.1. The molecule has 1 N–H and O–H groups in total. The van der Waals surface area contributed by atoms with Gasteiger partial charge in [-0.25, -0.2) is 0 Å². The van der Waals surface area contributed by atoms with Gasteiger partial charge < -0.3 is 5.11 Å². The van der Waals surface area contributed by atoms with E-state index in [0.29, 0.717) is 24.5 Å². The first-order valence-electron chi connectivity index (χ1n) is 10.1. The molecule has 0 saturated heterocycles. The molecule has 27 heavy (non-hydrogen) atoms. The average Bonchev–Trinajstić information content (AvgIpc) is 3.01. The number of phenols is 1. The highest BCUT2D eigenvalue weighted by molar-refractivity contribution is 5.96. The molecule has 2 rings (SSSR count). The van der Waals surface area contributed by atoms with E-state index in [9.17, 15) is 9.90 Å². The van der Waals surface area contributed by atoms with E-state index in [1.807, 2.05) is 6.08 Å². The van der Waals surface area contributed by atoms with E-state index in [4.69, 9.17) is 0 Å². The number of carbonyl (C=O) groups is 1. The molecular formula is C25H36O2. The lowest BCUT2D eigenvalue weighted by Crippen LogP contribution is -2.18. The van der Waals surface area contributed by atoms with Crippen molar-refractivity contribution in [1.82, 2.24) is 0 Å². The predicted molar refractivity (Wildman–Crippen MR) is 114 cm³/mol. The molecule has 0 aromatic heterocycles. The van der Waals surface area contributed by atoms with E-state index in [1.165, 1.54) is 5.57 Å². The molecule has 0 spiro atoms. The molecule has 1 aliphatic rings. The lowest BCUT2D eigenvalue weighted by molar-refractivity contribution is -0.115. The highest BCUT2D eigenvalue weighted by Crippen LogP contribution is 2.40. The van der Waals surface area contributed by atoms with Crippen molar-refractivity contribution in [3.8, 4) is 5.75 Å². The Morgan fingerprint density at radius 3 is 1.93 bits per heavy atom. The Kier molecular flexibility index (Phi) is 6.09. The van der Waals surface area contributed by atoms with Crippen LogP contribution in [0.15, 0.2) is 35.4 Å². The fourth-order valence-corrected chi connectivity index (χ4v) is 3.53. The average molecular weight is 369 g/mol. The van der Waals surface area contributed by atoms with Crippen LogP contribution in [0.3, 0.4) is 0 Å². The third-order valence-corrected chi connectivity index (χ3v) is 5.42. The SMILES string of the molecule is CC(C)C1=CC=C(C(=O)CCc2cc(C(C)(C)C)c(O)c(C(C)(C)C)c2)C1. The van der Waals surface area contributed by atoms with Gasteiger partial charge in [-0.15, -0.1) is 0 Å². The number of ketones is 1. The van der Waals surface area contributed by atoms with E-state index in [-0.39, 0.29) is 16.6 Å². The number of rotatable bonds is 5. The van der Waals surface area contributed by atoms with Gasteiger partial charge in [0.05, 0.1) is 0 Å². The van der Waals surface area contributed by atoms with Gasteiger partial charge in [0.25, 0.3) is 0 Å². The number of aryl methyl sites for hydroxylation is 1. The number of allylic oxidation sites excluding steroid dienone is 4. The van der Waals surface area contributed by atoms with Gasteiger partial charge in [-0.05, 0) is 51.9 Å². The van der Waals surface area contributed by atoms with Gasteiger partial charge >= 0.3 is 0 Å². The number of phenolic OH excluding ortho intramolecular Hbond substituents is 1. The van der Waals surface area contributed by atoms with Gasteiger partial charge in [0, 0.05) is 6.42 Å². The van der Waals surface area contributed by atoms with Crippen molar-refractivity contribution in [2.45, 2.75) is 85.5 Å². The highest BCUT2D eigenvalue weighted by Gasteiger charge is 2.26. The van der Waals surface area contributed by atoms with E-state index < -0.39 is 0 Å². The molecule has 2 heteroatoms. The lowest BCUT2D eigenvalue weighted by atomic mass is 9.78. The summed E-state index contributed by atoms with van der Waals surface area (Å²) in [6.45, 7) is 17.0. The Bertz CT molecular complexity index is 743. The van der Waals surface area contributed by atoms with Crippen molar-refractivity contribution in [1.29, 1.82) is 0 Å². The number of hydrogen-bond acceptors (Lipinski definition) is 2. The predicted octanol–water partition coefficient (Wildman–Crippen LogP) is 6.40. The van der Waals surface area contributed by atoms with Crippen LogP contribution in [0.5, 0.6) is 5.75 Å². The minimum absolute atomic E-state index is 0.145. The Hall–Kier alpha value is -1.83. The van der Waals surface area contributed by atoms with Crippen molar-refractivity contribution in [3.05, 3.63) is 52.1 Å². The first-order chi connectivity index (χ1) is 12.3. The van der Waals surface area contributed by atoms with Crippen LogP contribution in [0.4, 0.5) is 0 Å². The van der Waals surface area contributed by atoms with Crippen molar-refractivity contribution in [2.75, 3.05) is 0 Å². The zero-order chi connectivity index (χ0) is 20.6. The maximum atomic E-state index is 12.7. The molecule has 0 aliphatic heterocycles.